The number of hydrogen-bond acceptors (Lipinski definition) is 3. The number of halogens is 1. The Morgan fingerprint density at radius 1 is 1.44 bits per heavy atom. The Kier molecular flexibility index (Phi) is 4.35. The predicted octanol–water partition coefficient (Wildman–Crippen LogP) is 2.20. The molecule has 0 saturated carbocycles. The maximum atomic E-state index is 11.6. The normalized spacial score (nSPS) is 15.8. The molecule has 1 N–H and O–H groups in total. The molecule has 0 bridgehead atoms. The summed E-state index contributed by atoms with van der Waals surface area (Å²) < 4.78 is 23.2. The first-order valence-corrected chi connectivity index (χ1v) is 7.13. The molecule has 0 aromatic heterocycles. The van der Waals surface area contributed by atoms with Crippen molar-refractivity contribution in [1.82, 2.24) is 0 Å². The van der Waals surface area contributed by atoms with Crippen molar-refractivity contribution in [1.29, 1.82) is 0 Å². The van der Waals surface area contributed by atoms with Crippen LogP contribution in [0.1, 0.15) is 25.5 Å². The first-order valence-electron chi connectivity index (χ1n) is 5.03. The standard InChI is InChI=1S/C11H15ClO3S/c1-3-16(14,15)8(2)11(13)9-5-4-6-10(12)7-9/h4-8,11,13H,3H2,1-2H3/t8-,11-/m0/s1. The molecule has 0 amide bonds. The second kappa shape index (κ2) is 5.17. The highest BCUT2D eigenvalue weighted by Gasteiger charge is 2.27. The summed E-state index contributed by atoms with van der Waals surface area (Å²) in [5.74, 6) is 0.0196. The van der Waals surface area contributed by atoms with E-state index in [1.54, 1.807) is 31.2 Å². The molecular formula is C11H15ClO3S. The number of benzene rings is 1. The van der Waals surface area contributed by atoms with Gasteiger partial charge in [0.25, 0.3) is 0 Å². The summed E-state index contributed by atoms with van der Waals surface area (Å²) in [6.07, 6.45) is -1.04. The highest BCUT2D eigenvalue weighted by molar-refractivity contribution is 7.92. The molecule has 3 nitrogen and oxygen atoms in total. The van der Waals surface area contributed by atoms with Gasteiger partial charge < -0.3 is 5.11 Å². The van der Waals surface area contributed by atoms with Gasteiger partial charge in [-0.2, -0.15) is 0 Å². The smallest absolute Gasteiger partial charge is 0.155 e. The minimum absolute atomic E-state index is 0.0196. The first-order chi connectivity index (χ1) is 7.38. The number of aliphatic hydroxyl groups excluding tert-OH is 1. The number of aliphatic hydroxyl groups is 1. The lowest BCUT2D eigenvalue weighted by Crippen LogP contribution is -2.26. The summed E-state index contributed by atoms with van der Waals surface area (Å²) in [4.78, 5) is 0. The molecule has 0 spiro atoms. The molecular weight excluding hydrogens is 248 g/mol. The van der Waals surface area contributed by atoms with Gasteiger partial charge in [-0.25, -0.2) is 8.42 Å². The van der Waals surface area contributed by atoms with E-state index >= 15 is 0 Å². The summed E-state index contributed by atoms with van der Waals surface area (Å²) >= 11 is 5.78. The van der Waals surface area contributed by atoms with Crippen molar-refractivity contribution < 1.29 is 13.5 Å². The number of rotatable bonds is 4. The van der Waals surface area contributed by atoms with Crippen LogP contribution in [-0.4, -0.2) is 24.5 Å². The Bertz CT molecular complexity index is 456. The Morgan fingerprint density at radius 3 is 2.56 bits per heavy atom. The Labute approximate surface area is 101 Å². The van der Waals surface area contributed by atoms with Gasteiger partial charge in [0.1, 0.15) is 0 Å². The molecule has 0 aliphatic carbocycles. The van der Waals surface area contributed by atoms with Crippen molar-refractivity contribution in [2.75, 3.05) is 5.75 Å². The predicted molar refractivity (Wildman–Crippen MR) is 65.3 cm³/mol. The van der Waals surface area contributed by atoms with Crippen molar-refractivity contribution in [3.63, 3.8) is 0 Å². The average Bonchev–Trinajstić information content (AvgIpc) is 2.27. The molecule has 0 fully saturated rings. The number of sulfone groups is 1. The van der Waals surface area contributed by atoms with Crippen LogP contribution in [0.5, 0.6) is 0 Å². The molecule has 2 atom stereocenters. The zero-order chi connectivity index (χ0) is 12.3. The fraction of sp³-hybridized carbons (Fsp3) is 0.455. The average molecular weight is 263 g/mol. The van der Waals surface area contributed by atoms with E-state index in [0.29, 0.717) is 10.6 Å². The third kappa shape index (κ3) is 2.97. The third-order valence-corrected chi connectivity index (χ3v) is 5.03. The van der Waals surface area contributed by atoms with Gasteiger partial charge in [-0.05, 0) is 24.6 Å². The minimum atomic E-state index is -3.25. The Morgan fingerprint density at radius 2 is 2.06 bits per heavy atom. The number of hydrogen-bond donors (Lipinski definition) is 1. The maximum absolute atomic E-state index is 11.6. The topological polar surface area (TPSA) is 54.4 Å². The highest BCUT2D eigenvalue weighted by atomic mass is 35.5. The molecule has 0 aliphatic heterocycles. The van der Waals surface area contributed by atoms with Crippen LogP contribution in [0.3, 0.4) is 0 Å². The van der Waals surface area contributed by atoms with E-state index in [0.717, 1.165) is 0 Å². The summed E-state index contributed by atoms with van der Waals surface area (Å²) in [6.45, 7) is 3.07. The van der Waals surface area contributed by atoms with Crippen LogP contribution in [-0.2, 0) is 9.84 Å². The fourth-order valence-corrected chi connectivity index (χ4v) is 2.70. The van der Waals surface area contributed by atoms with E-state index in [2.05, 4.69) is 0 Å². The molecule has 0 aliphatic rings. The molecule has 5 heteroatoms. The second-order valence-electron chi connectivity index (χ2n) is 3.66. The molecule has 0 saturated heterocycles. The van der Waals surface area contributed by atoms with E-state index in [1.807, 2.05) is 0 Å². The largest absolute Gasteiger partial charge is 0.387 e. The molecule has 0 radical (unpaired) electrons. The van der Waals surface area contributed by atoms with E-state index in [-0.39, 0.29) is 5.75 Å². The van der Waals surface area contributed by atoms with Gasteiger partial charge in [0, 0.05) is 10.8 Å². The van der Waals surface area contributed by atoms with Crippen LogP contribution in [0.2, 0.25) is 5.02 Å². The summed E-state index contributed by atoms with van der Waals surface area (Å²) in [6, 6.07) is 6.61. The van der Waals surface area contributed by atoms with Gasteiger partial charge in [0.15, 0.2) is 9.84 Å². The molecule has 1 aromatic carbocycles. The monoisotopic (exact) mass is 262 g/mol. The lowest BCUT2D eigenvalue weighted by atomic mass is 10.1. The quantitative estimate of drug-likeness (QED) is 0.905. The van der Waals surface area contributed by atoms with E-state index in [4.69, 9.17) is 11.6 Å². The summed E-state index contributed by atoms with van der Waals surface area (Å²) in [5.41, 5.74) is 0.525. The second-order valence-corrected chi connectivity index (χ2v) is 6.74. The van der Waals surface area contributed by atoms with Crippen LogP contribution in [0, 0.1) is 0 Å². The van der Waals surface area contributed by atoms with Gasteiger partial charge in [-0.3, -0.25) is 0 Å². The van der Waals surface area contributed by atoms with Crippen LogP contribution in [0.4, 0.5) is 0 Å². The Balaban J connectivity index is 2.99. The van der Waals surface area contributed by atoms with Gasteiger partial charge >= 0.3 is 0 Å². The Hall–Kier alpha value is -0.580. The molecule has 16 heavy (non-hydrogen) atoms. The molecule has 0 unspecified atom stereocenters. The fourth-order valence-electron chi connectivity index (χ4n) is 1.42. The lowest BCUT2D eigenvalue weighted by molar-refractivity contribution is 0.176. The highest BCUT2D eigenvalue weighted by Crippen LogP contribution is 2.24. The van der Waals surface area contributed by atoms with Crippen molar-refractivity contribution in [2.24, 2.45) is 0 Å². The van der Waals surface area contributed by atoms with Gasteiger partial charge in [-0.15, -0.1) is 0 Å². The van der Waals surface area contributed by atoms with Crippen molar-refractivity contribution >= 4 is 21.4 Å². The summed E-state index contributed by atoms with van der Waals surface area (Å²) in [5, 5.41) is 9.60. The molecule has 0 heterocycles. The SMILES string of the molecule is CCS(=O)(=O)[C@@H](C)[C@H](O)c1cccc(Cl)c1. The first kappa shape index (κ1) is 13.5. The van der Waals surface area contributed by atoms with Crippen LogP contribution in [0.15, 0.2) is 24.3 Å². The van der Waals surface area contributed by atoms with Crippen molar-refractivity contribution in [2.45, 2.75) is 25.2 Å². The van der Waals surface area contributed by atoms with E-state index in [9.17, 15) is 13.5 Å². The minimum Gasteiger partial charge on any atom is -0.387 e. The summed E-state index contributed by atoms with van der Waals surface area (Å²) in [7, 11) is -3.25. The molecule has 90 valence electrons. The van der Waals surface area contributed by atoms with Crippen LogP contribution < -0.4 is 0 Å². The zero-order valence-electron chi connectivity index (χ0n) is 9.22. The zero-order valence-corrected chi connectivity index (χ0v) is 10.8. The van der Waals surface area contributed by atoms with Crippen LogP contribution >= 0.6 is 11.6 Å². The van der Waals surface area contributed by atoms with Crippen molar-refractivity contribution in [3.8, 4) is 0 Å². The maximum Gasteiger partial charge on any atom is 0.155 e. The third-order valence-electron chi connectivity index (χ3n) is 2.60. The van der Waals surface area contributed by atoms with Gasteiger partial charge in [0.05, 0.1) is 11.4 Å². The van der Waals surface area contributed by atoms with E-state index < -0.39 is 21.2 Å². The van der Waals surface area contributed by atoms with Crippen LogP contribution in [0.25, 0.3) is 0 Å². The van der Waals surface area contributed by atoms with Gasteiger partial charge in [0.2, 0.25) is 0 Å². The lowest BCUT2D eigenvalue weighted by Gasteiger charge is -2.18. The molecule has 1 aromatic rings. The van der Waals surface area contributed by atoms with Crippen molar-refractivity contribution in [3.05, 3.63) is 34.9 Å². The molecule has 1 rings (SSSR count). The van der Waals surface area contributed by atoms with E-state index in [1.165, 1.54) is 6.92 Å². The van der Waals surface area contributed by atoms with Gasteiger partial charge in [-0.1, -0.05) is 30.7 Å².